The molecule has 152 valence electrons. The number of benzene rings is 3. The van der Waals surface area contributed by atoms with E-state index in [4.69, 9.17) is 0 Å². The van der Waals surface area contributed by atoms with Gasteiger partial charge >= 0.3 is 0 Å². The van der Waals surface area contributed by atoms with Crippen LogP contribution in [0.1, 0.15) is 16.7 Å². The van der Waals surface area contributed by atoms with Crippen molar-refractivity contribution in [2.45, 2.75) is 13.5 Å². The minimum Gasteiger partial charge on any atom is -0.342 e. The number of fused-ring (bicyclic) bond motifs is 1. The summed E-state index contributed by atoms with van der Waals surface area (Å²) >= 11 is 0. The number of para-hydroxylation sites is 2. The summed E-state index contributed by atoms with van der Waals surface area (Å²) in [6, 6.07) is 25.4. The molecule has 1 saturated heterocycles. The second-order valence-corrected chi connectivity index (χ2v) is 7.63. The molecule has 0 spiro atoms. The van der Waals surface area contributed by atoms with Gasteiger partial charge in [0.05, 0.1) is 5.69 Å². The molecular weight excluding hydrogens is 386 g/mol. The number of rotatable bonds is 4. The average molecular weight is 407 g/mol. The standard InChI is InChI=1S/C26H21N3O2/c1-18-9-5-6-10-19(18)16-28-17-20(22-13-7-8-14-24(22)28)15-23-25(30)27-29(26(23)31)21-11-3-2-4-12-21/h2-15,17H,16H2,1H3,(H,27,30)/b23-15+. The van der Waals surface area contributed by atoms with Crippen LogP contribution in [0.5, 0.6) is 0 Å². The molecular formula is C26H21N3O2. The van der Waals surface area contributed by atoms with Crippen molar-refractivity contribution in [1.29, 1.82) is 0 Å². The number of hydrazine groups is 1. The second-order valence-electron chi connectivity index (χ2n) is 7.63. The van der Waals surface area contributed by atoms with E-state index in [-0.39, 0.29) is 11.5 Å². The fourth-order valence-electron chi connectivity index (χ4n) is 3.96. The first kappa shape index (κ1) is 18.9. The van der Waals surface area contributed by atoms with Gasteiger partial charge in [-0.25, -0.2) is 5.01 Å². The number of amides is 2. The summed E-state index contributed by atoms with van der Waals surface area (Å²) in [6.07, 6.45) is 3.70. The Hall–Kier alpha value is -4.12. The van der Waals surface area contributed by atoms with Crippen molar-refractivity contribution in [1.82, 2.24) is 9.99 Å². The molecule has 0 unspecified atom stereocenters. The first-order valence-corrected chi connectivity index (χ1v) is 10.2. The van der Waals surface area contributed by atoms with E-state index in [1.807, 2.05) is 54.7 Å². The Labute approximate surface area is 180 Å². The topological polar surface area (TPSA) is 54.3 Å². The van der Waals surface area contributed by atoms with E-state index in [1.165, 1.54) is 16.1 Å². The first-order chi connectivity index (χ1) is 15.1. The zero-order chi connectivity index (χ0) is 21.4. The molecule has 5 nitrogen and oxygen atoms in total. The summed E-state index contributed by atoms with van der Waals surface area (Å²) in [5.74, 6) is -0.753. The number of carbonyl (C=O) groups is 2. The van der Waals surface area contributed by atoms with Crippen LogP contribution in [0.2, 0.25) is 0 Å². The SMILES string of the molecule is Cc1ccccc1Cn1cc(/C=C2\C(=O)NN(c3ccccc3)C2=O)c2ccccc21. The quantitative estimate of drug-likeness (QED) is 0.401. The summed E-state index contributed by atoms with van der Waals surface area (Å²) in [6.45, 7) is 2.82. The molecule has 1 aliphatic heterocycles. The molecule has 1 fully saturated rings. The largest absolute Gasteiger partial charge is 0.342 e. The molecule has 1 aromatic heterocycles. The third-order valence-corrected chi connectivity index (χ3v) is 5.63. The number of aryl methyl sites for hydroxylation is 1. The van der Waals surface area contributed by atoms with Crippen LogP contribution < -0.4 is 10.4 Å². The number of carbonyl (C=O) groups excluding carboxylic acids is 2. The smallest absolute Gasteiger partial charge is 0.282 e. The zero-order valence-electron chi connectivity index (χ0n) is 17.1. The Morgan fingerprint density at radius 2 is 1.58 bits per heavy atom. The second kappa shape index (κ2) is 7.61. The van der Waals surface area contributed by atoms with E-state index < -0.39 is 5.91 Å². The Morgan fingerprint density at radius 1 is 0.871 bits per heavy atom. The van der Waals surface area contributed by atoms with Crippen LogP contribution in [0.4, 0.5) is 5.69 Å². The van der Waals surface area contributed by atoms with Gasteiger partial charge in [0, 0.05) is 29.2 Å². The average Bonchev–Trinajstić information content (AvgIpc) is 3.28. The van der Waals surface area contributed by atoms with Gasteiger partial charge in [0.2, 0.25) is 0 Å². The molecule has 4 aromatic rings. The number of nitrogens with one attached hydrogen (secondary N) is 1. The zero-order valence-corrected chi connectivity index (χ0v) is 17.1. The highest BCUT2D eigenvalue weighted by atomic mass is 16.2. The van der Waals surface area contributed by atoms with Crippen LogP contribution in [0.25, 0.3) is 17.0 Å². The molecule has 3 aromatic carbocycles. The lowest BCUT2D eigenvalue weighted by Crippen LogP contribution is -2.35. The Morgan fingerprint density at radius 3 is 2.39 bits per heavy atom. The highest BCUT2D eigenvalue weighted by Gasteiger charge is 2.34. The molecule has 1 aliphatic rings. The van der Waals surface area contributed by atoms with E-state index in [0.29, 0.717) is 12.2 Å². The molecule has 0 radical (unpaired) electrons. The minimum absolute atomic E-state index is 0.127. The predicted molar refractivity (Wildman–Crippen MR) is 122 cm³/mol. The van der Waals surface area contributed by atoms with Gasteiger partial charge in [0.25, 0.3) is 11.8 Å². The number of aromatic nitrogens is 1. The van der Waals surface area contributed by atoms with Gasteiger partial charge in [-0.15, -0.1) is 0 Å². The van der Waals surface area contributed by atoms with Gasteiger partial charge in [-0.3, -0.25) is 15.0 Å². The first-order valence-electron chi connectivity index (χ1n) is 10.2. The molecule has 2 amide bonds. The van der Waals surface area contributed by atoms with E-state index in [9.17, 15) is 9.59 Å². The maximum Gasteiger partial charge on any atom is 0.282 e. The van der Waals surface area contributed by atoms with Crippen molar-refractivity contribution in [3.63, 3.8) is 0 Å². The Balaban J connectivity index is 1.55. The lowest BCUT2D eigenvalue weighted by molar-refractivity contribution is -0.117. The summed E-state index contributed by atoms with van der Waals surface area (Å²) in [4.78, 5) is 25.6. The van der Waals surface area contributed by atoms with Gasteiger partial charge in [0.1, 0.15) is 5.57 Å². The molecule has 5 rings (SSSR count). The molecule has 0 bridgehead atoms. The van der Waals surface area contributed by atoms with Gasteiger partial charge in [-0.1, -0.05) is 60.7 Å². The molecule has 5 heteroatoms. The van der Waals surface area contributed by atoms with Gasteiger partial charge in [-0.2, -0.15) is 0 Å². The van der Waals surface area contributed by atoms with Crippen LogP contribution in [-0.2, 0) is 16.1 Å². The summed E-state index contributed by atoms with van der Waals surface area (Å²) in [7, 11) is 0. The fourth-order valence-corrected chi connectivity index (χ4v) is 3.96. The van der Waals surface area contributed by atoms with E-state index in [1.54, 1.807) is 18.2 Å². The van der Waals surface area contributed by atoms with Crippen molar-refractivity contribution in [3.05, 3.63) is 107 Å². The van der Waals surface area contributed by atoms with E-state index >= 15 is 0 Å². The highest BCUT2D eigenvalue weighted by Crippen LogP contribution is 2.27. The van der Waals surface area contributed by atoms with Gasteiger partial charge in [-0.05, 0) is 42.3 Å². The summed E-state index contributed by atoms with van der Waals surface area (Å²) in [5.41, 5.74) is 7.78. The van der Waals surface area contributed by atoms with Crippen LogP contribution in [0, 0.1) is 6.92 Å². The van der Waals surface area contributed by atoms with E-state index in [0.717, 1.165) is 16.5 Å². The summed E-state index contributed by atoms with van der Waals surface area (Å²) < 4.78 is 2.16. The predicted octanol–water partition coefficient (Wildman–Crippen LogP) is 4.46. The number of nitrogens with zero attached hydrogens (tertiary/aromatic N) is 2. The Kier molecular flexibility index (Phi) is 4.64. The third-order valence-electron chi connectivity index (χ3n) is 5.63. The Bertz CT molecular complexity index is 1340. The fraction of sp³-hybridized carbons (Fsp3) is 0.0769. The van der Waals surface area contributed by atoms with Crippen molar-refractivity contribution in [2.75, 3.05) is 5.01 Å². The number of hydrogen-bond acceptors (Lipinski definition) is 2. The van der Waals surface area contributed by atoms with E-state index in [2.05, 4.69) is 35.1 Å². The highest BCUT2D eigenvalue weighted by molar-refractivity contribution is 6.32. The van der Waals surface area contributed by atoms with Gasteiger partial charge < -0.3 is 4.57 Å². The van der Waals surface area contributed by atoms with Crippen molar-refractivity contribution >= 4 is 34.5 Å². The van der Waals surface area contributed by atoms with Crippen LogP contribution in [0.15, 0.2) is 90.6 Å². The van der Waals surface area contributed by atoms with Crippen molar-refractivity contribution in [3.8, 4) is 0 Å². The maximum absolute atomic E-state index is 13.0. The van der Waals surface area contributed by atoms with Crippen LogP contribution >= 0.6 is 0 Å². The maximum atomic E-state index is 13.0. The van der Waals surface area contributed by atoms with Gasteiger partial charge in [0.15, 0.2) is 0 Å². The number of hydrogen-bond donors (Lipinski definition) is 1. The molecule has 2 heterocycles. The molecule has 31 heavy (non-hydrogen) atoms. The molecule has 0 saturated carbocycles. The third kappa shape index (κ3) is 3.40. The molecule has 0 aliphatic carbocycles. The van der Waals surface area contributed by atoms with Crippen molar-refractivity contribution < 1.29 is 9.59 Å². The summed E-state index contributed by atoms with van der Waals surface area (Å²) in [5, 5.41) is 2.29. The molecule has 0 atom stereocenters. The molecule has 1 N–H and O–H groups in total. The normalized spacial score (nSPS) is 15.1. The van der Waals surface area contributed by atoms with Crippen molar-refractivity contribution in [2.24, 2.45) is 0 Å². The minimum atomic E-state index is -0.399. The lowest BCUT2D eigenvalue weighted by Gasteiger charge is -2.13. The monoisotopic (exact) mass is 407 g/mol. The lowest BCUT2D eigenvalue weighted by atomic mass is 10.1. The van der Waals surface area contributed by atoms with Crippen LogP contribution in [0.3, 0.4) is 0 Å². The van der Waals surface area contributed by atoms with Crippen LogP contribution in [-0.4, -0.2) is 16.4 Å². The number of anilines is 1.